The molecule has 0 saturated carbocycles. The number of aromatic nitrogens is 2. The largest absolute Gasteiger partial charge is 0.493 e. The van der Waals surface area contributed by atoms with Crippen LogP contribution in [-0.4, -0.2) is 16.7 Å². The Hall–Kier alpha value is -2.37. The molecular weight excluding hydrogens is 338 g/mol. The molecule has 5 nitrogen and oxygen atoms in total. The summed E-state index contributed by atoms with van der Waals surface area (Å²) in [4.78, 5) is 4.55. The first-order chi connectivity index (χ1) is 11.7. The van der Waals surface area contributed by atoms with Gasteiger partial charge in [-0.15, -0.1) is 12.4 Å². The van der Waals surface area contributed by atoms with E-state index in [1.54, 1.807) is 0 Å². The number of fused-ring (bicyclic) bond motifs is 1. The van der Waals surface area contributed by atoms with Gasteiger partial charge in [0.1, 0.15) is 5.75 Å². The monoisotopic (exact) mass is 357 g/mol. The highest BCUT2D eigenvalue weighted by molar-refractivity contribution is 5.85. The summed E-state index contributed by atoms with van der Waals surface area (Å²) in [7, 11) is 0. The number of hydrogen-bond acceptors (Lipinski definition) is 5. The normalized spacial score (nSPS) is 15.0. The Bertz CT molecular complexity index is 851. The van der Waals surface area contributed by atoms with Gasteiger partial charge in [0.15, 0.2) is 0 Å². The highest BCUT2D eigenvalue weighted by atomic mass is 35.5. The highest BCUT2D eigenvalue weighted by Gasteiger charge is 2.23. The second kappa shape index (κ2) is 7.25. The van der Waals surface area contributed by atoms with Crippen LogP contribution in [0, 0.1) is 0 Å². The summed E-state index contributed by atoms with van der Waals surface area (Å²) in [6.07, 6.45) is 0.920. The summed E-state index contributed by atoms with van der Waals surface area (Å²) in [5.41, 5.74) is 9.53. The van der Waals surface area contributed by atoms with Gasteiger partial charge in [0.05, 0.1) is 12.5 Å². The minimum atomic E-state index is -0.187. The van der Waals surface area contributed by atoms with Gasteiger partial charge in [0.2, 0.25) is 11.7 Å². The molecule has 0 spiro atoms. The van der Waals surface area contributed by atoms with Gasteiger partial charge in [-0.3, -0.25) is 0 Å². The van der Waals surface area contributed by atoms with Crippen molar-refractivity contribution in [3.8, 4) is 17.1 Å². The zero-order valence-electron chi connectivity index (χ0n) is 13.9. The zero-order valence-corrected chi connectivity index (χ0v) is 14.7. The van der Waals surface area contributed by atoms with Crippen LogP contribution in [0.1, 0.15) is 35.9 Å². The fraction of sp³-hybridized carbons (Fsp3) is 0.263. The van der Waals surface area contributed by atoms with E-state index in [-0.39, 0.29) is 24.4 Å². The van der Waals surface area contributed by atoms with Crippen molar-refractivity contribution >= 4 is 12.4 Å². The van der Waals surface area contributed by atoms with Gasteiger partial charge < -0.3 is 15.0 Å². The van der Waals surface area contributed by atoms with Crippen molar-refractivity contribution in [2.45, 2.75) is 25.3 Å². The van der Waals surface area contributed by atoms with E-state index in [0.717, 1.165) is 29.9 Å². The molecule has 0 aliphatic carbocycles. The maximum absolute atomic E-state index is 6.35. The molecule has 0 fully saturated rings. The van der Waals surface area contributed by atoms with Crippen LogP contribution in [-0.2, 0) is 6.42 Å². The molecule has 25 heavy (non-hydrogen) atoms. The fourth-order valence-corrected chi connectivity index (χ4v) is 2.98. The average molecular weight is 358 g/mol. The Kier molecular flexibility index (Phi) is 5.06. The SMILES string of the molecule is CC(c1nc(-c2ccc3c(c2)CCO3)no1)C(N)c1ccccc1.Cl. The van der Waals surface area contributed by atoms with Crippen LogP contribution >= 0.6 is 12.4 Å². The van der Waals surface area contributed by atoms with Crippen molar-refractivity contribution in [3.05, 3.63) is 65.5 Å². The lowest BCUT2D eigenvalue weighted by atomic mass is 9.95. The lowest BCUT2D eigenvalue weighted by molar-refractivity contribution is 0.344. The fourth-order valence-electron chi connectivity index (χ4n) is 2.98. The summed E-state index contributed by atoms with van der Waals surface area (Å²) < 4.78 is 11.0. The molecule has 3 aromatic rings. The summed E-state index contributed by atoms with van der Waals surface area (Å²) in [6.45, 7) is 2.74. The van der Waals surface area contributed by atoms with Crippen LogP contribution in [0.4, 0.5) is 0 Å². The van der Waals surface area contributed by atoms with Crippen molar-refractivity contribution in [1.29, 1.82) is 0 Å². The molecule has 1 aliphatic heterocycles. The molecule has 6 heteroatoms. The van der Waals surface area contributed by atoms with Crippen LogP contribution < -0.4 is 10.5 Å². The van der Waals surface area contributed by atoms with Crippen LogP contribution in [0.2, 0.25) is 0 Å². The van der Waals surface area contributed by atoms with Crippen LogP contribution in [0.5, 0.6) is 5.75 Å². The second-order valence-corrected chi connectivity index (χ2v) is 6.10. The molecule has 2 atom stereocenters. The maximum Gasteiger partial charge on any atom is 0.231 e. The summed E-state index contributed by atoms with van der Waals surface area (Å²) in [5, 5.41) is 4.13. The third-order valence-electron chi connectivity index (χ3n) is 4.50. The third kappa shape index (κ3) is 3.38. The van der Waals surface area contributed by atoms with Crippen LogP contribution in [0.15, 0.2) is 53.1 Å². The number of benzene rings is 2. The average Bonchev–Trinajstić information content (AvgIpc) is 3.29. The first kappa shape index (κ1) is 17.5. The van der Waals surface area contributed by atoms with E-state index < -0.39 is 0 Å². The minimum absolute atomic E-state index is 0. The van der Waals surface area contributed by atoms with Gasteiger partial charge in [0.25, 0.3) is 0 Å². The van der Waals surface area contributed by atoms with E-state index >= 15 is 0 Å². The lowest BCUT2D eigenvalue weighted by Crippen LogP contribution is -2.17. The van der Waals surface area contributed by atoms with Gasteiger partial charge >= 0.3 is 0 Å². The Morgan fingerprint density at radius 1 is 1.12 bits per heavy atom. The van der Waals surface area contributed by atoms with Crippen molar-refractivity contribution in [1.82, 2.24) is 10.1 Å². The molecule has 1 aromatic heterocycles. The quantitative estimate of drug-likeness (QED) is 0.766. The van der Waals surface area contributed by atoms with E-state index in [1.165, 1.54) is 5.56 Å². The highest BCUT2D eigenvalue weighted by Crippen LogP contribution is 2.31. The number of hydrogen-bond donors (Lipinski definition) is 1. The first-order valence-corrected chi connectivity index (χ1v) is 8.12. The second-order valence-electron chi connectivity index (χ2n) is 6.10. The molecule has 2 heterocycles. The topological polar surface area (TPSA) is 74.2 Å². The van der Waals surface area contributed by atoms with Crippen LogP contribution in [0.3, 0.4) is 0 Å². The maximum atomic E-state index is 6.35. The molecule has 0 bridgehead atoms. The summed E-state index contributed by atoms with van der Waals surface area (Å²) in [5.74, 6) is 2.03. The van der Waals surface area contributed by atoms with Gasteiger partial charge in [-0.25, -0.2) is 0 Å². The zero-order chi connectivity index (χ0) is 16.5. The standard InChI is InChI=1S/C19H19N3O2.ClH/c1-12(17(20)13-5-3-2-4-6-13)19-21-18(22-24-19)15-7-8-16-14(11-15)9-10-23-16;/h2-8,11-12,17H,9-10,20H2,1H3;1H. The smallest absolute Gasteiger partial charge is 0.231 e. The van der Waals surface area contributed by atoms with Crippen molar-refractivity contribution < 1.29 is 9.26 Å². The third-order valence-corrected chi connectivity index (χ3v) is 4.50. The van der Waals surface area contributed by atoms with Crippen molar-refractivity contribution in [3.63, 3.8) is 0 Å². The molecule has 130 valence electrons. The van der Waals surface area contributed by atoms with Crippen molar-refractivity contribution in [2.75, 3.05) is 6.61 Å². The molecule has 4 rings (SSSR count). The molecule has 2 N–H and O–H groups in total. The molecule has 1 aliphatic rings. The van der Waals surface area contributed by atoms with Crippen LogP contribution in [0.25, 0.3) is 11.4 Å². The van der Waals surface area contributed by atoms with Gasteiger partial charge in [-0.05, 0) is 29.3 Å². The van der Waals surface area contributed by atoms with Gasteiger partial charge in [0, 0.05) is 18.0 Å². The van der Waals surface area contributed by atoms with Gasteiger partial charge in [-0.2, -0.15) is 4.98 Å². The van der Waals surface area contributed by atoms with Crippen molar-refractivity contribution in [2.24, 2.45) is 5.73 Å². The number of ether oxygens (including phenoxy) is 1. The predicted octanol–water partition coefficient (Wildman–Crippen LogP) is 3.90. The minimum Gasteiger partial charge on any atom is -0.493 e. The van der Waals surface area contributed by atoms with E-state index in [2.05, 4.69) is 16.2 Å². The van der Waals surface area contributed by atoms with E-state index in [9.17, 15) is 0 Å². The Labute approximate surface area is 152 Å². The molecule has 2 aromatic carbocycles. The van der Waals surface area contributed by atoms with E-state index in [1.807, 2.05) is 49.4 Å². The molecule has 2 unspecified atom stereocenters. The number of nitrogens with two attached hydrogens (primary N) is 1. The molecule has 0 saturated heterocycles. The summed E-state index contributed by atoms with van der Waals surface area (Å²) >= 11 is 0. The molecular formula is C19H20ClN3O2. The predicted molar refractivity (Wildman–Crippen MR) is 98.0 cm³/mol. The Balaban J connectivity index is 0.00000182. The van der Waals surface area contributed by atoms with Gasteiger partial charge in [-0.1, -0.05) is 42.4 Å². The number of rotatable bonds is 4. The first-order valence-electron chi connectivity index (χ1n) is 8.12. The van der Waals surface area contributed by atoms with E-state index in [4.69, 9.17) is 15.0 Å². The molecule has 0 radical (unpaired) electrons. The van der Waals surface area contributed by atoms with E-state index in [0.29, 0.717) is 11.7 Å². The summed E-state index contributed by atoms with van der Waals surface area (Å²) in [6, 6.07) is 15.8. The lowest BCUT2D eigenvalue weighted by Gasteiger charge is -2.16. The number of halogens is 1. The number of nitrogens with zero attached hydrogens (tertiary/aromatic N) is 2. The Morgan fingerprint density at radius 2 is 1.92 bits per heavy atom. The molecule has 0 amide bonds. The Morgan fingerprint density at radius 3 is 2.72 bits per heavy atom.